The van der Waals surface area contributed by atoms with Crippen molar-refractivity contribution in [3.05, 3.63) is 71.5 Å². The van der Waals surface area contributed by atoms with Crippen LogP contribution in [0, 0.1) is 6.92 Å². The molecule has 2 aromatic carbocycles. The lowest BCUT2D eigenvalue weighted by molar-refractivity contribution is -0.119. The molecule has 2 amide bonds. The van der Waals surface area contributed by atoms with Crippen LogP contribution in [0.3, 0.4) is 0 Å². The second-order valence-corrected chi connectivity index (χ2v) is 7.99. The summed E-state index contributed by atoms with van der Waals surface area (Å²) in [4.78, 5) is 29.2. The number of rotatable bonds is 3. The summed E-state index contributed by atoms with van der Waals surface area (Å²) in [5.74, 6) is 0.130. The van der Waals surface area contributed by atoms with Crippen LogP contribution in [0.4, 0.5) is 11.4 Å². The Bertz CT molecular complexity index is 1100. The van der Waals surface area contributed by atoms with Gasteiger partial charge in [-0.2, -0.15) is 5.10 Å². The number of piperidine rings is 1. The number of benzene rings is 2. The minimum Gasteiger partial charge on any atom is -0.312 e. The Balaban J connectivity index is 1.43. The van der Waals surface area contributed by atoms with E-state index in [2.05, 4.69) is 5.10 Å². The van der Waals surface area contributed by atoms with Crippen LogP contribution in [0.15, 0.2) is 54.7 Å². The van der Waals surface area contributed by atoms with Gasteiger partial charge in [-0.05, 0) is 62.6 Å². The molecule has 3 aromatic rings. The van der Waals surface area contributed by atoms with Crippen LogP contribution in [0.1, 0.15) is 40.9 Å². The molecule has 6 heteroatoms. The quantitative estimate of drug-likeness (QED) is 0.670. The number of aromatic nitrogens is 2. The molecule has 30 heavy (non-hydrogen) atoms. The van der Waals surface area contributed by atoms with Crippen molar-refractivity contribution in [3.63, 3.8) is 0 Å². The first kappa shape index (κ1) is 18.6. The van der Waals surface area contributed by atoms with Crippen molar-refractivity contribution in [2.45, 2.75) is 32.6 Å². The summed E-state index contributed by atoms with van der Waals surface area (Å²) in [6, 6.07) is 15.8. The summed E-state index contributed by atoms with van der Waals surface area (Å²) >= 11 is 0. The van der Waals surface area contributed by atoms with Crippen LogP contribution in [-0.4, -0.2) is 34.7 Å². The van der Waals surface area contributed by atoms with Gasteiger partial charge in [-0.15, -0.1) is 0 Å². The predicted octanol–water partition coefficient (Wildman–Crippen LogP) is 3.90. The Kier molecular flexibility index (Phi) is 4.62. The van der Waals surface area contributed by atoms with Crippen molar-refractivity contribution in [2.75, 3.05) is 22.9 Å². The largest absolute Gasteiger partial charge is 0.312 e. The summed E-state index contributed by atoms with van der Waals surface area (Å²) in [7, 11) is 0. The Morgan fingerprint density at radius 1 is 0.767 bits per heavy atom. The van der Waals surface area contributed by atoms with Gasteiger partial charge in [-0.25, -0.2) is 4.68 Å². The molecule has 0 spiro atoms. The Morgan fingerprint density at radius 3 is 2.13 bits per heavy atom. The number of anilines is 2. The van der Waals surface area contributed by atoms with E-state index in [0.29, 0.717) is 18.7 Å². The lowest BCUT2D eigenvalue weighted by Gasteiger charge is -2.29. The van der Waals surface area contributed by atoms with Gasteiger partial charge < -0.3 is 9.80 Å². The average molecular weight is 400 g/mol. The Morgan fingerprint density at radius 2 is 1.43 bits per heavy atom. The molecule has 1 aromatic heterocycles. The number of amides is 2. The van der Waals surface area contributed by atoms with Crippen LogP contribution in [0.25, 0.3) is 5.69 Å². The first-order chi connectivity index (χ1) is 14.6. The average Bonchev–Trinajstić information content (AvgIpc) is 3.20. The van der Waals surface area contributed by atoms with Crippen molar-refractivity contribution in [2.24, 2.45) is 0 Å². The highest BCUT2D eigenvalue weighted by Gasteiger charge is 2.30. The molecular weight excluding hydrogens is 376 g/mol. The fraction of sp³-hybridized carbons (Fsp3) is 0.292. The van der Waals surface area contributed by atoms with E-state index < -0.39 is 0 Å². The first-order valence-electron chi connectivity index (χ1n) is 10.5. The van der Waals surface area contributed by atoms with E-state index in [1.165, 1.54) is 5.56 Å². The molecule has 152 valence electrons. The van der Waals surface area contributed by atoms with Crippen molar-refractivity contribution >= 4 is 23.2 Å². The van der Waals surface area contributed by atoms with E-state index in [1.54, 1.807) is 15.8 Å². The van der Waals surface area contributed by atoms with Gasteiger partial charge in [0.25, 0.3) is 5.91 Å². The molecule has 5 rings (SSSR count). The molecule has 6 nitrogen and oxygen atoms in total. The summed E-state index contributed by atoms with van der Waals surface area (Å²) in [5.41, 5.74) is 5.40. The number of carbonyl (C=O) groups is 2. The van der Waals surface area contributed by atoms with E-state index in [4.69, 9.17) is 0 Å². The zero-order valence-corrected chi connectivity index (χ0v) is 17.0. The molecule has 0 unspecified atom stereocenters. The molecule has 1 saturated heterocycles. The smallest absolute Gasteiger partial charge is 0.277 e. The molecule has 2 aliphatic rings. The Hall–Kier alpha value is -3.41. The molecule has 0 N–H and O–H groups in total. The van der Waals surface area contributed by atoms with Crippen molar-refractivity contribution in [3.8, 4) is 5.69 Å². The third-order valence-electron chi connectivity index (χ3n) is 5.97. The zero-order valence-electron chi connectivity index (χ0n) is 17.0. The van der Waals surface area contributed by atoms with Gasteiger partial charge in [0, 0.05) is 36.4 Å². The molecule has 0 bridgehead atoms. The maximum absolute atomic E-state index is 13.4. The minimum atomic E-state index is -0.0453. The minimum absolute atomic E-state index is 0.0453. The van der Waals surface area contributed by atoms with Crippen LogP contribution in [-0.2, 0) is 11.2 Å². The lowest BCUT2D eigenvalue weighted by atomic mass is 10.1. The first-order valence-corrected chi connectivity index (χ1v) is 10.5. The van der Waals surface area contributed by atoms with Crippen molar-refractivity contribution < 1.29 is 9.59 Å². The van der Waals surface area contributed by atoms with Crippen LogP contribution >= 0.6 is 0 Å². The van der Waals surface area contributed by atoms with Gasteiger partial charge in [0.15, 0.2) is 0 Å². The molecule has 0 radical (unpaired) electrons. The molecule has 1 fully saturated rings. The van der Waals surface area contributed by atoms with E-state index in [0.717, 1.165) is 48.4 Å². The number of fused-ring (bicyclic) bond motifs is 1. The SMILES string of the molecule is Cc1ccc(-n2ncc3c2C(=O)N(c2ccc(N4CCCCC4=O)cc2)CC3)cc1. The molecular formula is C24H24N4O2. The van der Waals surface area contributed by atoms with E-state index >= 15 is 0 Å². The predicted molar refractivity (Wildman–Crippen MR) is 116 cm³/mol. The maximum atomic E-state index is 13.4. The maximum Gasteiger partial charge on any atom is 0.277 e. The van der Waals surface area contributed by atoms with Gasteiger partial charge in [0.1, 0.15) is 5.69 Å². The number of aryl methyl sites for hydroxylation is 1. The number of hydrogen-bond acceptors (Lipinski definition) is 3. The number of carbonyl (C=O) groups excluding carboxylic acids is 2. The van der Waals surface area contributed by atoms with Gasteiger partial charge in [0.05, 0.1) is 11.9 Å². The highest BCUT2D eigenvalue weighted by molar-refractivity contribution is 6.07. The highest BCUT2D eigenvalue weighted by Crippen LogP contribution is 2.29. The Labute approximate surface area is 175 Å². The summed E-state index contributed by atoms with van der Waals surface area (Å²) in [5, 5.41) is 4.48. The monoisotopic (exact) mass is 400 g/mol. The van der Waals surface area contributed by atoms with Crippen molar-refractivity contribution in [1.29, 1.82) is 0 Å². The van der Waals surface area contributed by atoms with E-state index in [-0.39, 0.29) is 11.8 Å². The van der Waals surface area contributed by atoms with Gasteiger partial charge >= 0.3 is 0 Å². The van der Waals surface area contributed by atoms with Crippen LogP contribution < -0.4 is 9.80 Å². The zero-order chi connectivity index (χ0) is 20.7. The van der Waals surface area contributed by atoms with Gasteiger partial charge in [-0.3, -0.25) is 9.59 Å². The fourth-order valence-electron chi connectivity index (χ4n) is 4.27. The van der Waals surface area contributed by atoms with E-state index in [9.17, 15) is 9.59 Å². The summed E-state index contributed by atoms with van der Waals surface area (Å²) in [6.45, 7) is 3.42. The lowest BCUT2D eigenvalue weighted by Crippen LogP contribution is -2.39. The van der Waals surface area contributed by atoms with Gasteiger partial charge in [0.2, 0.25) is 5.91 Å². The topological polar surface area (TPSA) is 58.4 Å². The number of hydrogen-bond donors (Lipinski definition) is 0. The third kappa shape index (κ3) is 3.18. The molecule has 0 atom stereocenters. The van der Waals surface area contributed by atoms with Gasteiger partial charge in [-0.1, -0.05) is 17.7 Å². The number of nitrogens with zero attached hydrogens (tertiary/aromatic N) is 4. The van der Waals surface area contributed by atoms with Crippen molar-refractivity contribution in [1.82, 2.24) is 9.78 Å². The highest BCUT2D eigenvalue weighted by atomic mass is 16.2. The molecule has 2 aliphatic heterocycles. The summed E-state index contributed by atoms with van der Waals surface area (Å²) in [6.07, 6.45) is 5.17. The molecule has 0 aliphatic carbocycles. The normalized spacial score (nSPS) is 16.7. The third-order valence-corrected chi connectivity index (χ3v) is 5.97. The van der Waals surface area contributed by atoms with Crippen LogP contribution in [0.5, 0.6) is 0 Å². The second-order valence-electron chi connectivity index (χ2n) is 7.99. The van der Waals surface area contributed by atoms with E-state index in [1.807, 2.05) is 60.4 Å². The van der Waals surface area contributed by atoms with Crippen LogP contribution in [0.2, 0.25) is 0 Å². The second kappa shape index (κ2) is 7.44. The standard InChI is InChI=1S/C24H24N4O2/c1-17-5-7-21(8-6-17)28-23-18(16-25-28)13-15-27(24(23)30)20-11-9-19(10-12-20)26-14-3-2-4-22(26)29/h5-12,16H,2-4,13-15H2,1H3. The fourth-order valence-corrected chi connectivity index (χ4v) is 4.27. The molecule has 3 heterocycles. The summed E-state index contributed by atoms with van der Waals surface area (Å²) < 4.78 is 1.74. The molecule has 0 saturated carbocycles.